The van der Waals surface area contributed by atoms with Gasteiger partial charge >= 0.3 is 0 Å². The van der Waals surface area contributed by atoms with Crippen molar-refractivity contribution in [1.29, 1.82) is 0 Å². The summed E-state index contributed by atoms with van der Waals surface area (Å²) in [6.07, 6.45) is 2.29. The number of rotatable bonds is 8. The van der Waals surface area contributed by atoms with Crippen LogP contribution in [0.3, 0.4) is 0 Å². The van der Waals surface area contributed by atoms with Crippen LogP contribution < -0.4 is 14.8 Å². The minimum Gasteiger partial charge on any atom is -0.492 e. The van der Waals surface area contributed by atoms with Crippen molar-refractivity contribution in [3.8, 4) is 11.5 Å². The van der Waals surface area contributed by atoms with Crippen LogP contribution in [0.15, 0.2) is 16.6 Å². The summed E-state index contributed by atoms with van der Waals surface area (Å²) in [6, 6.07) is 4.69. The van der Waals surface area contributed by atoms with Crippen molar-refractivity contribution >= 4 is 15.9 Å². The summed E-state index contributed by atoms with van der Waals surface area (Å²) in [6.45, 7) is 7.86. The normalized spacial score (nSPS) is 10.8. The molecule has 0 spiro atoms. The maximum Gasteiger partial charge on any atom is 0.174 e. The van der Waals surface area contributed by atoms with Crippen LogP contribution >= 0.6 is 15.9 Å². The Morgan fingerprint density at radius 1 is 1.21 bits per heavy atom. The van der Waals surface area contributed by atoms with Crippen LogP contribution in [0.1, 0.15) is 39.2 Å². The lowest BCUT2D eigenvalue weighted by atomic mass is 10.1. The maximum atomic E-state index is 5.63. The fourth-order valence-electron chi connectivity index (χ4n) is 2.02. The summed E-state index contributed by atoms with van der Waals surface area (Å²) < 4.78 is 11.9. The van der Waals surface area contributed by atoms with Gasteiger partial charge < -0.3 is 14.8 Å². The highest BCUT2D eigenvalue weighted by molar-refractivity contribution is 9.10. The van der Waals surface area contributed by atoms with Crippen LogP contribution in [0, 0.1) is 0 Å². The van der Waals surface area contributed by atoms with Crippen molar-refractivity contribution in [2.45, 2.75) is 46.2 Å². The number of nitrogens with one attached hydrogen (secondary N) is 1. The van der Waals surface area contributed by atoms with Gasteiger partial charge in [0.1, 0.15) is 0 Å². The highest BCUT2D eigenvalue weighted by atomic mass is 79.9. The van der Waals surface area contributed by atoms with E-state index in [1.165, 1.54) is 5.56 Å². The van der Waals surface area contributed by atoms with Crippen molar-refractivity contribution in [3.05, 3.63) is 22.2 Å². The summed E-state index contributed by atoms with van der Waals surface area (Å²) in [5, 5.41) is 3.55. The lowest BCUT2D eigenvalue weighted by molar-refractivity contribution is 0.309. The Morgan fingerprint density at radius 3 is 2.42 bits per heavy atom. The number of halogens is 1. The molecule has 1 rings (SSSR count). The third kappa shape index (κ3) is 4.69. The third-order valence-corrected chi connectivity index (χ3v) is 3.74. The van der Waals surface area contributed by atoms with E-state index in [0.717, 1.165) is 35.4 Å². The molecule has 0 amide bonds. The average Bonchev–Trinajstić information content (AvgIpc) is 2.40. The van der Waals surface area contributed by atoms with E-state index in [1.54, 1.807) is 7.11 Å². The molecule has 0 saturated carbocycles. The zero-order chi connectivity index (χ0) is 14.3. The SMILES string of the molecule is CCOc1cc(CNC(CC)CC)cc(Br)c1OC. The molecule has 4 heteroatoms. The second kappa shape index (κ2) is 8.43. The van der Waals surface area contributed by atoms with Crippen LogP contribution in [-0.2, 0) is 6.54 Å². The number of benzene rings is 1. The van der Waals surface area contributed by atoms with Gasteiger partial charge in [0, 0.05) is 12.6 Å². The second-order valence-corrected chi connectivity index (χ2v) is 5.29. The number of methoxy groups -OCH3 is 1. The molecule has 3 nitrogen and oxygen atoms in total. The van der Waals surface area contributed by atoms with Crippen molar-refractivity contribution in [2.24, 2.45) is 0 Å². The van der Waals surface area contributed by atoms with Crippen molar-refractivity contribution < 1.29 is 9.47 Å². The summed E-state index contributed by atoms with van der Waals surface area (Å²) in [7, 11) is 1.66. The molecule has 0 fully saturated rings. The lowest BCUT2D eigenvalue weighted by Crippen LogP contribution is -2.27. The Labute approximate surface area is 124 Å². The van der Waals surface area contributed by atoms with Gasteiger partial charge in [0.25, 0.3) is 0 Å². The third-order valence-electron chi connectivity index (χ3n) is 3.15. The van der Waals surface area contributed by atoms with Crippen molar-refractivity contribution in [1.82, 2.24) is 5.32 Å². The molecule has 0 saturated heterocycles. The molecule has 0 atom stereocenters. The molecule has 19 heavy (non-hydrogen) atoms. The van der Waals surface area contributed by atoms with E-state index < -0.39 is 0 Å². The molecule has 0 bridgehead atoms. The van der Waals surface area contributed by atoms with E-state index in [1.807, 2.05) is 13.0 Å². The maximum absolute atomic E-state index is 5.63. The molecule has 1 aromatic rings. The number of ether oxygens (including phenoxy) is 2. The van der Waals surface area contributed by atoms with E-state index in [4.69, 9.17) is 9.47 Å². The highest BCUT2D eigenvalue weighted by Crippen LogP contribution is 2.36. The molecule has 1 aromatic carbocycles. The first kappa shape index (κ1) is 16.3. The Bertz CT molecular complexity index is 392. The van der Waals surface area contributed by atoms with E-state index >= 15 is 0 Å². The van der Waals surface area contributed by atoms with Gasteiger partial charge in [-0.05, 0) is 53.4 Å². The Hall–Kier alpha value is -0.740. The van der Waals surface area contributed by atoms with Gasteiger partial charge in [-0.3, -0.25) is 0 Å². The zero-order valence-electron chi connectivity index (χ0n) is 12.3. The average molecular weight is 330 g/mol. The largest absolute Gasteiger partial charge is 0.492 e. The van der Waals surface area contributed by atoms with E-state index in [0.29, 0.717) is 12.6 Å². The van der Waals surface area contributed by atoms with Gasteiger partial charge in [-0.1, -0.05) is 13.8 Å². The van der Waals surface area contributed by atoms with Gasteiger partial charge in [-0.15, -0.1) is 0 Å². The lowest BCUT2D eigenvalue weighted by Gasteiger charge is -2.17. The van der Waals surface area contributed by atoms with Crippen LogP contribution in [0.5, 0.6) is 11.5 Å². The quantitative estimate of drug-likeness (QED) is 0.777. The fraction of sp³-hybridized carbons (Fsp3) is 0.600. The minimum absolute atomic E-state index is 0.566. The first-order valence-corrected chi connectivity index (χ1v) is 7.68. The van der Waals surface area contributed by atoms with Crippen molar-refractivity contribution in [2.75, 3.05) is 13.7 Å². The molecular weight excluding hydrogens is 306 g/mol. The fourth-order valence-corrected chi connectivity index (χ4v) is 2.68. The Morgan fingerprint density at radius 2 is 1.89 bits per heavy atom. The van der Waals surface area contributed by atoms with Gasteiger partial charge in [-0.25, -0.2) is 0 Å². The van der Waals surface area contributed by atoms with Gasteiger partial charge in [0.2, 0.25) is 0 Å². The Balaban J connectivity index is 2.84. The smallest absolute Gasteiger partial charge is 0.174 e. The van der Waals surface area contributed by atoms with Crippen LogP contribution in [0.25, 0.3) is 0 Å². The first-order valence-electron chi connectivity index (χ1n) is 6.88. The molecular formula is C15H24BrNO2. The molecule has 0 unspecified atom stereocenters. The van der Waals surface area contributed by atoms with Crippen LogP contribution in [-0.4, -0.2) is 19.8 Å². The summed E-state index contributed by atoms with van der Waals surface area (Å²) >= 11 is 3.54. The van der Waals surface area contributed by atoms with Crippen molar-refractivity contribution in [3.63, 3.8) is 0 Å². The molecule has 1 N–H and O–H groups in total. The molecule has 0 aliphatic carbocycles. The standard InChI is InChI=1S/C15H24BrNO2/c1-5-12(6-2)17-10-11-8-13(16)15(18-4)14(9-11)19-7-3/h8-9,12,17H,5-7,10H2,1-4H3. The van der Waals surface area contributed by atoms with E-state index in [2.05, 4.69) is 41.2 Å². The topological polar surface area (TPSA) is 30.5 Å². The molecule has 0 aliphatic rings. The number of hydrogen-bond donors (Lipinski definition) is 1. The summed E-state index contributed by atoms with van der Waals surface area (Å²) in [5.74, 6) is 1.55. The molecule has 108 valence electrons. The zero-order valence-corrected chi connectivity index (χ0v) is 13.8. The molecule has 0 aromatic heterocycles. The predicted octanol–water partition coefficient (Wildman–Crippen LogP) is 4.13. The van der Waals surface area contributed by atoms with Gasteiger partial charge in [0.05, 0.1) is 18.2 Å². The Kier molecular flexibility index (Phi) is 7.24. The summed E-state index contributed by atoms with van der Waals surface area (Å²) in [5.41, 5.74) is 1.20. The monoisotopic (exact) mass is 329 g/mol. The van der Waals surface area contributed by atoms with Crippen LogP contribution in [0.4, 0.5) is 0 Å². The predicted molar refractivity (Wildman–Crippen MR) is 83.1 cm³/mol. The first-order chi connectivity index (χ1) is 9.15. The van der Waals surface area contributed by atoms with Crippen LogP contribution in [0.2, 0.25) is 0 Å². The van der Waals surface area contributed by atoms with E-state index in [-0.39, 0.29) is 0 Å². The number of hydrogen-bond acceptors (Lipinski definition) is 3. The van der Waals surface area contributed by atoms with E-state index in [9.17, 15) is 0 Å². The minimum atomic E-state index is 0.566. The van der Waals surface area contributed by atoms with Gasteiger partial charge in [0.15, 0.2) is 11.5 Å². The summed E-state index contributed by atoms with van der Waals surface area (Å²) in [4.78, 5) is 0. The highest BCUT2D eigenvalue weighted by Gasteiger charge is 2.11. The van der Waals surface area contributed by atoms with Gasteiger partial charge in [-0.2, -0.15) is 0 Å². The second-order valence-electron chi connectivity index (χ2n) is 4.44. The molecule has 0 heterocycles. The molecule has 0 aliphatic heterocycles. The molecule has 0 radical (unpaired) electrons.